The molecule has 0 spiro atoms. The van der Waals surface area contributed by atoms with Crippen molar-refractivity contribution >= 4 is 17.7 Å². The van der Waals surface area contributed by atoms with Gasteiger partial charge in [-0.3, -0.25) is 19.3 Å². The summed E-state index contributed by atoms with van der Waals surface area (Å²) in [6.45, 7) is 2.95. The highest BCUT2D eigenvalue weighted by molar-refractivity contribution is 6.09. The molecule has 3 aliphatic rings. The minimum Gasteiger partial charge on any atom is -0.373 e. The van der Waals surface area contributed by atoms with Crippen LogP contribution in [0.3, 0.4) is 0 Å². The van der Waals surface area contributed by atoms with E-state index in [2.05, 4.69) is 10.6 Å². The number of nitrogens with one attached hydrogen (secondary N) is 2. The summed E-state index contributed by atoms with van der Waals surface area (Å²) in [5.41, 5.74) is 0. The second kappa shape index (κ2) is 5.96. The number of carbonyl (C=O) groups is 3. The van der Waals surface area contributed by atoms with E-state index in [9.17, 15) is 14.4 Å². The molecule has 0 aromatic rings. The minimum atomic E-state index is -0.750. The Kier molecular flexibility index (Phi) is 4.18. The van der Waals surface area contributed by atoms with Crippen molar-refractivity contribution in [1.29, 1.82) is 0 Å². The Hall–Kier alpha value is -1.47. The van der Waals surface area contributed by atoms with Gasteiger partial charge in [0, 0.05) is 6.54 Å². The van der Waals surface area contributed by atoms with E-state index in [1.165, 1.54) is 0 Å². The van der Waals surface area contributed by atoms with Crippen molar-refractivity contribution in [2.24, 2.45) is 11.8 Å². The summed E-state index contributed by atoms with van der Waals surface area (Å²) < 4.78 is 5.68. The molecule has 22 heavy (non-hydrogen) atoms. The van der Waals surface area contributed by atoms with E-state index in [1.54, 1.807) is 6.92 Å². The largest absolute Gasteiger partial charge is 0.373 e. The van der Waals surface area contributed by atoms with Crippen molar-refractivity contribution in [3.63, 3.8) is 0 Å². The molecule has 3 heterocycles. The van der Waals surface area contributed by atoms with Crippen LogP contribution < -0.4 is 10.6 Å². The Labute approximate surface area is 129 Å². The van der Waals surface area contributed by atoms with Gasteiger partial charge in [0.15, 0.2) is 0 Å². The Morgan fingerprint density at radius 2 is 1.82 bits per heavy atom. The van der Waals surface area contributed by atoms with Crippen LogP contribution in [0.1, 0.15) is 26.2 Å². The summed E-state index contributed by atoms with van der Waals surface area (Å²) >= 11 is 0. The highest BCUT2D eigenvalue weighted by Gasteiger charge is 2.63. The van der Waals surface area contributed by atoms with E-state index >= 15 is 0 Å². The number of nitrogens with zero attached hydrogens (tertiary/aromatic N) is 1. The molecule has 0 aliphatic carbocycles. The van der Waals surface area contributed by atoms with Crippen LogP contribution in [0.4, 0.5) is 0 Å². The number of fused-ring (bicyclic) bond motifs is 5. The molecule has 0 aromatic carbocycles. The van der Waals surface area contributed by atoms with Crippen LogP contribution in [-0.2, 0) is 19.1 Å². The Bertz CT molecular complexity index is 467. The number of rotatable bonds is 6. The van der Waals surface area contributed by atoms with Crippen molar-refractivity contribution in [3.05, 3.63) is 0 Å². The van der Waals surface area contributed by atoms with E-state index in [1.807, 2.05) is 7.05 Å². The number of hydrogen-bond acceptors (Lipinski definition) is 5. The minimum absolute atomic E-state index is 0.137. The normalized spacial score (nSPS) is 34.2. The molecule has 0 radical (unpaired) electrons. The third-order valence-corrected chi connectivity index (χ3v) is 4.99. The van der Waals surface area contributed by atoms with Gasteiger partial charge in [0.2, 0.25) is 17.7 Å². The van der Waals surface area contributed by atoms with Gasteiger partial charge in [-0.15, -0.1) is 0 Å². The molecule has 3 aliphatic heterocycles. The lowest BCUT2D eigenvalue weighted by atomic mass is 9.81. The van der Waals surface area contributed by atoms with Crippen LogP contribution >= 0.6 is 0 Å². The molecule has 5 unspecified atom stereocenters. The fourth-order valence-corrected chi connectivity index (χ4v) is 3.86. The van der Waals surface area contributed by atoms with Crippen LogP contribution in [0.15, 0.2) is 0 Å². The molecule has 3 saturated heterocycles. The van der Waals surface area contributed by atoms with Crippen molar-refractivity contribution in [1.82, 2.24) is 15.5 Å². The number of ether oxygens (including phenoxy) is 1. The average molecular weight is 309 g/mol. The molecule has 3 rings (SSSR count). The first-order valence-corrected chi connectivity index (χ1v) is 8.01. The second-order valence-electron chi connectivity index (χ2n) is 6.31. The molecule has 5 atom stereocenters. The van der Waals surface area contributed by atoms with Crippen molar-refractivity contribution in [3.8, 4) is 0 Å². The molecular formula is C15H23N3O4. The third-order valence-electron chi connectivity index (χ3n) is 4.99. The first-order chi connectivity index (χ1) is 10.6. The maximum atomic E-state index is 12.5. The maximum absolute atomic E-state index is 12.5. The highest BCUT2D eigenvalue weighted by Crippen LogP contribution is 2.48. The predicted molar refractivity (Wildman–Crippen MR) is 77.7 cm³/mol. The molecular weight excluding hydrogens is 286 g/mol. The van der Waals surface area contributed by atoms with Crippen molar-refractivity contribution < 1.29 is 19.1 Å². The predicted octanol–water partition coefficient (Wildman–Crippen LogP) is -0.737. The fraction of sp³-hybridized carbons (Fsp3) is 0.800. The lowest BCUT2D eigenvalue weighted by Crippen LogP contribution is -2.49. The van der Waals surface area contributed by atoms with Gasteiger partial charge in [-0.2, -0.15) is 0 Å². The highest BCUT2D eigenvalue weighted by atomic mass is 16.5. The second-order valence-corrected chi connectivity index (χ2v) is 6.31. The zero-order valence-corrected chi connectivity index (χ0v) is 13.0. The first-order valence-electron chi connectivity index (χ1n) is 8.01. The fourth-order valence-electron chi connectivity index (χ4n) is 3.86. The summed E-state index contributed by atoms with van der Waals surface area (Å²) in [4.78, 5) is 38.4. The van der Waals surface area contributed by atoms with Gasteiger partial charge < -0.3 is 15.4 Å². The van der Waals surface area contributed by atoms with Gasteiger partial charge in [-0.05, 0) is 39.8 Å². The molecule has 7 nitrogen and oxygen atoms in total. The summed E-state index contributed by atoms with van der Waals surface area (Å²) in [7, 11) is 1.85. The van der Waals surface area contributed by atoms with Crippen molar-refractivity contribution in [2.75, 3.05) is 20.1 Å². The van der Waals surface area contributed by atoms with Gasteiger partial charge >= 0.3 is 0 Å². The van der Waals surface area contributed by atoms with Gasteiger partial charge in [-0.25, -0.2) is 0 Å². The van der Waals surface area contributed by atoms with Gasteiger partial charge in [0.05, 0.1) is 24.0 Å². The van der Waals surface area contributed by atoms with E-state index in [4.69, 9.17) is 4.74 Å². The van der Waals surface area contributed by atoms with Gasteiger partial charge in [-0.1, -0.05) is 0 Å². The molecule has 0 aromatic heterocycles. The van der Waals surface area contributed by atoms with Crippen LogP contribution in [-0.4, -0.2) is 61.0 Å². The molecule has 7 heteroatoms. The molecule has 3 fully saturated rings. The Morgan fingerprint density at radius 3 is 2.36 bits per heavy atom. The number of likely N-dealkylation sites (tertiary alicyclic amines) is 1. The lowest BCUT2D eigenvalue weighted by molar-refractivity contribution is -0.149. The monoisotopic (exact) mass is 309 g/mol. The van der Waals surface area contributed by atoms with Crippen LogP contribution in [0.25, 0.3) is 0 Å². The third kappa shape index (κ3) is 2.32. The molecule has 2 N–H and O–H groups in total. The van der Waals surface area contributed by atoms with Crippen LogP contribution in [0.5, 0.6) is 0 Å². The summed E-state index contributed by atoms with van der Waals surface area (Å²) in [5.74, 6) is -1.48. The SMILES string of the molecule is CNCCCNC(=O)C(C)N1C(=O)C2C3CCC(O3)C2C1=O. The zero-order chi connectivity index (χ0) is 15.9. The number of hydrogen-bond donors (Lipinski definition) is 2. The molecule has 0 saturated carbocycles. The smallest absolute Gasteiger partial charge is 0.243 e. The van der Waals surface area contributed by atoms with E-state index < -0.39 is 6.04 Å². The van der Waals surface area contributed by atoms with Crippen LogP contribution in [0, 0.1) is 11.8 Å². The number of imide groups is 1. The van der Waals surface area contributed by atoms with E-state index in [0.29, 0.717) is 6.54 Å². The maximum Gasteiger partial charge on any atom is 0.243 e. The Balaban J connectivity index is 1.63. The lowest BCUT2D eigenvalue weighted by Gasteiger charge is -2.23. The quantitative estimate of drug-likeness (QED) is 0.498. The van der Waals surface area contributed by atoms with E-state index in [-0.39, 0.29) is 41.8 Å². The topological polar surface area (TPSA) is 87.7 Å². The first kappa shape index (κ1) is 15.4. The average Bonchev–Trinajstić information content (AvgIpc) is 3.17. The van der Waals surface area contributed by atoms with E-state index in [0.717, 1.165) is 30.7 Å². The molecule has 122 valence electrons. The van der Waals surface area contributed by atoms with Crippen LogP contribution in [0.2, 0.25) is 0 Å². The van der Waals surface area contributed by atoms with Gasteiger partial charge in [0.1, 0.15) is 6.04 Å². The summed E-state index contributed by atoms with van der Waals surface area (Å²) in [6, 6.07) is -0.750. The Morgan fingerprint density at radius 1 is 1.23 bits per heavy atom. The standard InChI is InChI=1S/C15H23N3O4/c1-8(13(19)17-7-3-6-16-2)18-14(20)11-9-4-5-10(22-9)12(11)15(18)21/h8-12,16H,3-7H2,1-2H3,(H,17,19). The summed E-state index contributed by atoms with van der Waals surface area (Å²) in [5, 5.41) is 5.78. The van der Waals surface area contributed by atoms with Crippen molar-refractivity contribution in [2.45, 2.75) is 44.4 Å². The molecule has 3 amide bonds. The molecule has 2 bridgehead atoms. The zero-order valence-electron chi connectivity index (χ0n) is 13.0. The number of carbonyl (C=O) groups excluding carboxylic acids is 3. The number of amides is 3. The van der Waals surface area contributed by atoms with Gasteiger partial charge in [0.25, 0.3) is 0 Å². The summed E-state index contributed by atoms with van der Waals surface area (Å²) in [6.07, 6.45) is 2.21.